The highest BCUT2D eigenvalue weighted by molar-refractivity contribution is 6.01. The Morgan fingerprint density at radius 1 is 1.10 bits per heavy atom. The molecule has 0 unspecified atom stereocenters. The van der Waals surface area contributed by atoms with Crippen molar-refractivity contribution in [2.45, 2.75) is 13.0 Å². The molecular formula is C21H18F3N3O3. The number of amides is 1. The van der Waals surface area contributed by atoms with Crippen LogP contribution in [-0.2, 0) is 14.3 Å². The van der Waals surface area contributed by atoms with Gasteiger partial charge in [0.25, 0.3) is 5.91 Å². The largest absolute Gasteiger partial charge is 0.448 e. The quantitative estimate of drug-likeness (QED) is 0.336. The predicted molar refractivity (Wildman–Crippen MR) is 105 cm³/mol. The van der Waals surface area contributed by atoms with Gasteiger partial charge in [-0.3, -0.25) is 4.79 Å². The molecule has 0 aliphatic carbocycles. The number of nitrogens with one attached hydrogen (secondary N) is 1. The molecule has 0 spiro atoms. The molecule has 0 radical (unpaired) electrons. The van der Waals surface area contributed by atoms with Crippen molar-refractivity contribution < 1.29 is 27.5 Å². The van der Waals surface area contributed by atoms with Crippen molar-refractivity contribution in [3.05, 3.63) is 65.0 Å². The van der Waals surface area contributed by atoms with Crippen molar-refractivity contribution in [1.29, 1.82) is 5.26 Å². The first-order chi connectivity index (χ1) is 14.1. The van der Waals surface area contributed by atoms with Crippen molar-refractivity contribution in [3.8, 4) is 6.07 Å². The van der Waals surface area contributed by atoms with Crippen LogP contribution in [0.1, 0.15) is 12.5 Å². The van der Waals surface area contributed by atoms with Crippen molar-refractivity contribution in [1.82, 2.24) is 0 Å². The van der Waals surface area contributed by atoms with E-state index >= 15 is 0 Å². The minimum Gasteiger partial charge on any atom is -0.448 e. The van der Waals surface area contributed by atoms with Crippen LogP contribution in [0.2, 0.25) is 0 Å². The van der Waals surface area contributed by atoms with Crippen LogP contribution >= 0.6 is 0 Å². The lowest BCUT2D eigenvalue weighted by atomic mass is 10.1. The van der Waals surface area contributed by atoms with E-state index in [-0.39, 0.29) is 5.57 Å². The molecule has 0 saturated carbocycles. The van der Waals surface area contributed by atoms with Crippen LogP contribution in [0.25, 0.3) is 6.08 Å². The number of carbonyl (C=O) groups is 2. The minimum absolute atomic E-state index is 0.355. The van der Waals surface area contributed by atoms with Crippen molar-refractivity contribution in [3.63, 3.8) is 0 Å². The summed E-state index contributed by atoms with van der Waals surface area (Å²) in [6.07, 6.45) is -0.139. The Bertz CT molecular complexity index is 1030. The molecule has 0 bridgehead atoms. The summed E-state index contributed by atoms with van der Waals surface area (Å²) in [6, 6.07) is 10.1. The fourth-order valence-corrected chi connectivity index (χ4v) is 2.31. The molecule has 0 aliphatic rings. The summed E-state index contributed by atoms with van der Waals surface area (Å²) in [6.45, 7) is 1.19. The van der Waals surface area contributed by atoms with Gasteiger partial charge in [0.1, 0.15) is 11.6 Å². The highest BCUT2D eigenvalue weighted by atomic mass is 19.2. The number of hydrogen-bond donors (Lipinski definition) is 1. The molecule has 6 nitrogen and oxygen atoms in total. The third-order valence-corrected chi connectivity index (χ3v) is 4.01. The molecule has 2 aromatic carbocycles. The summed E-state index contributed by atoms with van der Waals surface area (Å²) < 4.78 is 44.8. The van der Waals surface area contributed by atoms with Gasteiger partial charge in [0.2, 0.25) is 0 Å². The number of halogens is 3. The smallest absolute Gasteiger partial charge is 0.349 e. The first-order valence-electron chi connectivity index (χ1n) is 8.68. The highest BCUT2D eigenvalue weighted by Crippen LogP contribution is 2.20. The standard InChI is InChI=1S/C21H18F3N3O3/c1-12(20(28)26-17-9-8-16(22)18(23)19(17)24)30-21(29)14(11-25)10-13-4-6-15(7-5-13)27(2)3/h4-10,12H,1-3H3,(H,26,28)/b14-10+/t12-/m0/s1. The summed E-state index contributed by atoms with van der Waals surface area (Å²) in [5.41, 5.74) is 0.517. The van der Waals surface area contributed by atoms with Crippen LogP contribution in [0.3, 0.4) is 0 Å². The van der Waals surface area contributed by atoms with Crippen LogP contribution in [0.4, 0.5) is 24.5 Å². The number of nitrogens with zero attached hydrogens (tertiary/aromatic N) is 2. The van der Waals surface area contributed by atoms with Crippen molar-refractivity contribution >= 4 is 29.3 Å². The van der Waals surface area contributed by atoms with E-state index in [1.165, 1.54) is 13.0 Å². The molecule has 0 saturated heterocycles. The maximum Gasteiger partial charge on any atom is 0.349 e. The van der Waals surface area contributed by atoms with E-state index in [2.05, 4.69) is 0 Å². The maximum absolute atomic E-state index is 13.7. The van der Waals surface area contributed by atoms with Gasteiger partial charge < -0.3 is 15.0 Å². The number of hydrogen-bond acceptors (Lipinski definition) is 5. The van der Waals surface area contributed by atoms with Crippen LogP contribution in [0.5, 0.6) is 0 Å². The Morgan fingerprint density at radius 2 is 1.73 bits per heavy atom. The van der Waals surface area contributed by atoms with Gasteiger partial charge in [-0.15, -0.1) is 0 Å². The second kappa shape index (κ2) is 9.60. The van der Waals surface area contributed by atoms with Gasteiger partial charge in [-0.05, 0) is 42.8 Å². The normalized spacial score (nSPS) is 12.0. The molecule has 2 aromatic rings. The molecule has 156 valence electrons. The van der Waals surface area contributed by atoms with E-state index in [4.69, 9.17) is 4.74 Å². The van der Waals surface area contributed by atoms with E-state index in [0.717, 1.165) is 11.8 Å². The van der Waals surface area contributed by atoms with Crippen LogP contribution in [0.15, 0.2) is 42.0 Å². The molecule has 2 rings (SSSR count). The number of rotatable bonds is 6. The van der Waals surface area contributed by atoms with Crippen molar-refractivity contribution in [2.75, 3.05) is 24.3 Å². The van der Waals surface area contributed by atoms with Crippen LogP contribution < -0.4 is 10.2 Å². The molecule has 1 atom stereocenters. The number of nitriles is 1. The van der Waals surface area contributed by atoms with Gasteiger partial charge >= 0.3 is 5.97 Å². The van der Waals surface area contributed by atoms with Gasteiger partial charge in [0.05, 0.1) is 5.69 Å². The summed E-state index contributed by atoms with van der Waals surface area (Å²) in [5.74, 6) is -6.79. The highest BCUT2D eigenvalue weighted by Gasteiger charge is 2.23. The lowest BCUT2D eigenvalue weighted by Gasteiger charge is -2.14. The van der Waals surface area contributed by atoms with E-state index < -0.39 is 41.1 Å². The summed E-state index contributed by atoms with van der Waals surface area (Å²) in [5, 5.41) is 11.2. The fourth-order valence-electron chi connectivity index (χ4n) is 2.31. The first kappa shape index (κ1) is 22.5. The molecule has 0 aromatic heterocycles. The van der Waals surface area contributed by atoms with E-state index in [0.29, 0.717) is 11.6 Å². The number of benzene rings is 2. The molecular weight excluding hydrogens is 399 g/mol. The Hall–Kier alpha value is -3.80. The molecule has 0 fully saturated rings. The average Bonchev–Trinajstić information content (AvgIpc) is 2.72. The Balaban J connectivity index is 2.08. The topological polar surface area (TPSA) is 82.4 Å². The second-order valence-electron chi connectivity index (χ2n) is 6.42. The van der Waals surface area contributed by atoms with Crippen LogP contribution in [-0.4, -0.2) is 32.1 Å². The monoisotopic (exact) mass is 417 g/mol. The third kappa shape index (κ3) is 5.38. The van der Waals surface area contributed by atoms with Gasteiger partial charge in [-0.2, -0.15) is 5.26 Å². The average molecular weight is 417 g/mol. The molecule has 0 aliphatic heterocycles. The van der Waals surface area contributed by atoms with E-state index in [1.54, 1.807) is 30.3 Å². The maximum atomic E-state index is 13.7. The summed E-state index contributed by atoms with van der Waals surface area (Å²) >= 11 is 0. The number of esters is 1. The van der Waals surface area contributed by atoms with E-state index in [9.17, 15) is 28.0 Å². The Labute approximate surface area is 171 Å². The number of anilines is 2. The van der Waals surface area contributed by atoms with Gasteiger partial charge in [-0.1, -0.05) is 12.1 Å². The Kier molecular flexibility index (Phi) is 7.20. The molecule has 0 heterocycles. The zero-order chi connectivity index (χ0) is 22.4. The Morgan fingerprint density at radius 3 is 2.30 bits per heavy atom. The predicted octanol–water partition coefficient (Wildman–Crippen LogP) is 3.65. The minimum atomic E-state index is -1.74. The lowest BCUT2D eigenvalue weighted by Crippen LogP contribution is -2.30. The molecule has 1 amide bonds. The van der Waals surface area contributed by atoms with Gasteiger partial charge in [0, 0.05) is 19.8 Å². The van der Waals surface area contributed by atoms with Gasteiger partial charge in [0.15, 0.2) is 23.6 Å². The summed E-state index contributed by atoms with van der Waals surface area (Å²) in [7, 11) is 3.73. The lowest BCUT2D eigenvalue weighted by molar-refractivity contribution is -0.148. The second-order valence-corrected chi connectivity index (χ2v) is 6.42. The molecule has 1 N–H and O–H groups in total. The zero-order valence-electron chi connectivity index (χ0n) is 16.4. The SMILES string of the molecule is C[C@H](OC(=O)/C(C#N)=C/c1ccc(N(C)C)cc1)C(=O)Nc1ccc(F)c(F)c1F. The molecule has 9 heteroatoms. The fraction of sp³-hybridized carbons (Fsp3) is 0.190. The van der Waals surface area contributed by atoms with E-state index in [1.807, 2.05) is 24.3 Å². The third-order valence-electron chi connectivity index (χ3n) is 4.01. The number of ether oxygens (including phenoxy) is 1. The van der Waals surface area contributed by atoms with Gasteiger partial charge in [-0.25, -0.2) is 18.0 Å². The van der Waals surface area contributed by atoms with Crippen molar-refractivity contribution in [2.24, 2.45) is 0 Å². The number of carbonyl (C=O) groups excluding carboxylic acids is 2. The first-order valence-corrected chi connectivity index (χ1v) is 8.68. The summed E-state index contributed by atoms with van der Waals surface area (Å²) in [4.78, 5) is 26.2. The zero-order valence-corrected chi connectivity index (χ0v) is 16.4. The van der Waals surface area contributed by atoms with Crippen LogP contribution in [0, 0.1) is 28.8 Å². The molecule has 30 heavy (non-hydrogen) atoms.